The minimum atomic E-state index is -3.27. The van der Waals surface area contributed by atoms with Crippen molar-refractivity contribution in [3.8, 4) is 0 Å². The van der Waals surface area contributed by atoms with E-state index in [0.29, 0.717) is 6.04 Å². The second kappa shape index (κ2) is 6.89. The van der Waals surface area contributed by atoms with Gasteiger partial charge in [-0.25, -0.2) is 12.4 Å². The van der Waals surface area contributed by atoms with Crippen LogP contribution in [-0.2, 0) is 22.9 Å². The van der Waals surface area contributed by atoms with Crippen LogP contribution in [0.2, 0.25) is 0 Å². The molecule has 0 aliphatic heterocycles. The van der Waals surface area contributed by atoms with Gasteiger partial charge in [-0.2, -0.15) is 0 Å². The summed E-state index contributed by atoms with van der Waals surface area (Å²) in [6.07, 6.45) is 7.70. The Morgan fingerprint density at radius 1 is 1.21 bits per heavy atom. The SMILES string of the molecule is CCCCCS(=O)(=O)n1ccc2c3c(ccc21)CCC(N(C)C)C3. The Balaban J connectivity index is 1.98. The van der Waals surface area contributed by atoms with E-state index in [1.54, 1.807) is 6.20 Å². The second-order valence-corrected chi connectivity index (χ2v) is 9.10. The summed E-state index contributed by atoms with van der Waals surface area (Å²) in [5.41, 5.74) is 3.55. The van der Waals surface area contributed by atoms with Gasteiger partial charge >= 0.3 is 0 Å². The van der Waals surface area contributed by atoms with Crippen molar-refractivity contribution in [1.29, 1.82) is 0 Å². The van der Waals surface area contributed by atoms with E-state index in [0.717, 1.165) is 43.0 Å². The average Bonchev–Trinajstić information content (AvgIpc) is 2.99. The van der Waals surface area contributed by atoms with Crippen LogP contribution in [-0.4, -0.2) is 43.2 Å². The molecule has 1 unspecified atom stereocenters. The van der Waals surface area contributed by atoms with Crippen molar-refractivity contribution in [3.05, 3.63) is 35.5 Å². The number of rotatable bonds is 6. The molecular formula is C19H28N2O2S. The molecule has 3 rings (SSSR count). The standard InChI is InChI=1S/C19H28N2O2S/c1-4-5-6-13-24(22,23)21-12-11-17-18-14-16(20(2)3)9-7-15(18)8-10-19(17)21/h8,10-12,16H,4-7,9,13-14H2,1-3H3. The molecule has 0 fully saturated rings. The first kappa shape index (κ1) is 17.5. The van der Waals surface area contributed by atoms with Crippen LogP contribution in [0.3, 0.4) is 0 Å². The number of aryl methyl sites for hydroxylation is 1. The van der Waals surface area contributed by atoms with Gasteiger partial charge in [0.1, 0.15) is 0 Å². The Bertz CT molecular complexity index is 821. The van der Waals surface area contributed by atoms with Crippen molar-refractivity contribution in [1.82, 2.24) is 8.87 Å². The first-order chi connectivity index (χ1) is 11.4. The van der Waals surface area contributed by atoms with Crippen molar-refractivity contribution in [2.75, 3.05) is 19.8 Å². The van der Waals surface area contributed by atoms with E-state index >= 15 is 0 Å². The second-order valence-electron chi connectivity index (χ2n) is 7.13. The molecule has 132 valence electrons. The highest BCUT2D eigenvalue weighted by Crippen LogP contribution is 2.31. The fraction of sp³-hybridized carbons (Fsp3) is 0.579. The summed E-state index contributed by atoms with van der Waals surface area (Å²) >= 11 is 0. The summed E-state index contributed by atoms with van der Waals surface area (Å²) in [6.45, 7) is 2.09. The molecule has 4 nitrogen and oxygen atoms in total. The lowest BCUT2D eigenvalue weighted by Crippen LogP contribution is -2.33. The minimum Gasteiger partial charge on any atom is -0.306 e. The molecule has 1 aliphatic rings. The maximum absolute atomic E-state index is 12.7. The Morgan fingerprint density at radius 3 is 2.71 bits per heavy atom. The topological polar surface area (TPSA) is 42.3 Å². The molecule has 0 saturated heterocycles. The van der Waals surface area contributed by atoms with Gasteiger partial charge in [0.25, 0.3) is 0 Å². The normalized spacial score (nSPS) is 18.2. The monoisotopic (exact) mass is 348 g/mol. The van der Waals surface area contributed by atoms with Gasteiger partial charge < -0.3 is 4.90 Å². The molecule has 1 aromatic carbocycles. The van der Waals surface area contributed by atoms with Crippen LogP contribution in [0.5, 0.6) is 0 Å². The molecule has 1 atom stereocenters. The van der Waals surface area contributed by atoms with Gasteiger partial charge in [0.2, 0.25) is 10.0 Å². The fourth-order valence-electron chi connectivity index (χ4n) is 3.75. The van der Waals surface area contributed by atoms with Crippen LogP contribution in [0.1, 0.15) is 43.7 Å². The zero-order chi connectivity index (χ0) is 17.3. The summed E-state index contributed by atoms with van der Waals surface area (Å²) < 4.78 is 26.9. The number of benzene rings is 1. The van der Waals surface area contributed by atoms with E-state index < -0.39 is 10.0 Å². The van der Waals surface area contributed by atoms with Crippen LogP contribution in [0.25, 0.3) is 10.9 Å². The molecule has 1 aliphatic carbocycles. The molecule has 5 heteroatoms. The van der Waals surface area contributed by atoms with Crippen molar-refractivity contribution < 1.29 is 8.42 Å². The third-order valence-corrected chi connectivity index (χ3v) is 6.99. The van der Waals surface area contributed by atoms with Crippen LogP contribution >= 0.6 is 0 Å². The van der Waals surface area contributed by atoms with E-state index in [9.17, 15) is 8.42 Å². The van der Waals surface area contributed by atoms with E-state index in [4.69, 9.17) is 0 Å². The highest BCUT2D eigenvalue weighted by atomic mass is 32.2. The quantitative estimate of drug-likeness (QED) is 0.751. The van der Waals surface area contributed by atoms with Gasteiger partial charge in [-0.15, -0.1) is 0 Å². The van der Waals surface area contributed by atoms with Gasteiger partial charge in [0.15, 0.2) is 0 Å². The summed E-state index contributed by atoms with van der Waals surface area (Å²) in [5, 5.41) is 1.11. The van der Waals surface area contributed by atoms with Crippen molar-refractivity contribution in [3.63, 3.8) is 0 Å². The lowest BCUT2D eigenvalue weighted by atomic mass is 9.86. The van der Waals surface area contributed by atoms with Gasteiger partial charge in [-0.3, -0.25) is 0 Å². The lowest BCUT2D eigenvalue weighted by Gasteiger charge is -2.30. The van der Waals surface area contributed by atoms with Gasteiger partial charge in [0.05, 0.1) is 11.3 Å². The highest BCUT2D eigenvalue weighted by Gasteiger charge is 2.24. The van der Waals surface area contributed by atoms with E-state index in [2.05, 4.69) is 32.0 Å². The maximum Gasteiger partial charge on any atom is 0.238 e. The summed E-state index contributed by atoms with van der Waals surface area (Å²) in [5.74, 6) is 0.224. The molecule has 1 aromatic heterocycles. The first-order valence-electron chi connectivity index (χ1n) is 8.95. The summed E-state index contributed by atoms with van der Waals surface area (Å²) in [6, 6.07) is 6.64. The van der Waals surface area contributed by atoms with E-state index in [1.807, 2.05) is 12.1 Å². The number of unbranched alkanes of at least 4 members (excludes halogenated alkanes) is 2. The zero-order valence-corrected chi connectivity index (χ0v) is 15.8. The first-order valence-corrected chi connectivity index (χ1v) is 10.6. The fourth-order valence-corrected chi connectivity index (χ4v) is 5.22. The number of aromatic nitrogens is 1. The van der Waals surface area contributed by atoms with E-state index in [-0.39, 0.29) is 5.75 Å². The van der Waals surface area contributed by atoms with Crippen LogP contribution < -0.4 is 0 Å². The molecule has 2 aromatic rings. The molecule has 0 radical (unpaired) electrons. The maximum atomic E-state index is 12.7. The molecule has 0 amide bonds. The molecule has 24 heavy (non-hydrogen) atoms. The van der Waals surface area contributed by atoms with E-state index in [1.165, 1.54) is 21.5 Å². The molecule has 0 N–H and O–H groups in total. The third-order valence-electron chi connectivity index (χ3n) is 5.27. The number of hydrogen-bond donors (Lipinski definition) is 0. The van der Waals surface area contributed by atoms with Gasteiger partial charge in [0, 0.05) is 17.6 Å². The predicted molar refractivity (Wildman–Crippen MR) is 100 cm³/mol. The number of likely N-dealkylation sites (N-methyl/N-ethyl adjacent to an activating group) is 1. The Hall–Kier alpha value is -1.33. The molecule has 0 spiro atoms. The smallest absolute Gasteiger partial charge is 0.238 e. The number of hydrogen-bond acceptors (Lipinski definition) is 3. The molecule has 0 saturated carbocycles. The number of nitrogens with zero attached hydrogens (tertiary/aromatic N) is 2. The highest BCUT2D eigenvalue weighted by molar-refractivity contribution is 7.90. The molecule has 1 heterocycles. The van der Waals surface area contributed by atoms with Crippen LogP contribution in [0.4, 0.5) is 0 Å². The Kier molecular flexibility index (Phi) is 5.02. The van der Waals surface area contributed by atoms with Gasteiger partial charge in [-0.05, 0) is 63.0 Å². The molecular weight excluding hydrogens is 320 g/mol. The minimum absolute atomic E-state index is 0.224. The van der Waals surface area contributed by atoms with Crippen LogP contribution in [0, 0.1) is 0 Å². The van der Waals surface area contributed by atoms with Crippen molar-refractivity contribution in [2.45, 2.75) is 51.5 Å². The average molecular weight is 349 g/mol. The largest absolute Gasteiger partial charge is 0.306 e. The Labute approximate surface area is 145 Å². The predicted octanol–water partition coefficient (Wildman–Crippen LogP) is 3.43. The third kappa shape index (κ3) is 3.24. The van der Waals surface area contributed by atoms with Crippen molar-refractivity contribution in [2.24, 2.45) is 0 Å². The summed E-state index contributed by atoms with van der Waals surface area (Å²) in [4.78, 5) is 2.28. The number of fused-ring (bicyclic) bond motifs is 3. The zero-order valence-electron chi connectivity index (χ0n) is 15.0. The van der Waals surface area contributed by atoms with Crippen LogP contribution in [0.15, 0.2) is 24.4 Å². The summed E-state index contributed by atoms with van der Waals surface area (Å²) in [7, 11) is 0.982. The van der Waals surface area contributed by atoms with Crippen molar-refractivity contribution >= 4 is 20.9 Å². The lowest BCUT2D eigenvalue weighted by molar-refractivity contribution is 0.269. The van der Waals surface area contributed by atoms with Gasteiger partial charge in [-0.1, -0.05) is 25.8 Å². The Morgan fingerprint density at radius 2 is 2.00 bits per heavy atom. The molecule has 0 bridgehead atoms.